The van der Waals surface area contributed by atoms with Crippen molar-refractivity contribution in [3.8, 4) is 18.2 Å². The van der Waals surface area contributed by atoms with Gasteiger partial charge in [0.2, 0.25) is 5.91 Å². The third-order valence-electron chi connectivity index (χ3n) is 2.82. The van der Waals surface area contributed by atoms with Gasteiger partial charge in [0.05, 0.1) is 0 Å². The molecule has 0 aromatic heterocycles. The third-order valence-corrected chi connectivity index (χ3v) is 2.82. The number of carbonyl (C=O) groups is 1. The van der Waals surface area contributed by atoms with E-state index in [4.69, 9.17) is 15.8 Å². The lowest BCUT2D eigenvalue weighted by Gasteiger charge is -2.15. The van der Waals surface area contributed by atoms with Crippen molar-refractivity contribution in [2.45, 2.75) is 20.8 Å². The molecule has 6 heteroatoms. The summed E-state index contributed by atoms with van der Waals surface area (Å²) >= 11 is 0. The van der Waals surface area contributed by atoms with E-state index in [1.54, 1.807) is 37.3 Å². The molecule has 0 radical (unpaired) electrons. The molecule has 0 heterocycles. The van der Waals surface area contributed by atoms with E-state index in [0.717, 1.165) is 5.56 Å². The van der Waals surface area contributed by atoms with Crippen LogP contribution >= 0.6 is 0 Å². The molecule has 0 saturated carbocycles. The highest BCUT2D eigenvalue weighted by Crippen LogP contribution is 2.28. The topological polar surface area (TPSA) is 112 Å². The summed E-state index contributed by atoms with van der Waals surface area (Å²) in [6.45, 7) is 5.02. The van der Waals surface area contributed by atoms with Crippen LogP contribution < -0.4 is 10.6 Å². The van der Waals surface area contributed by atoms with E-state index in [1.807, 2.05) is 6.92 Å². The Bertz CT molecular complexity index is 725. The molecule has 1 rings (SSSR count). The summed E-state index contributed by atoms with van der Waals surface area (Å²) in [5.74, 6) is -0.205. The van der Waals surface area contributed by atoms with Gasteiger partial charge in [0.15, 0.2) is 5.57 Å². The maximum Gasteiger partial charge on any atom is 0.221 e. The molecule has 1 aromatic rings. The van der Waals surface area contributed by atoms with Crippen molar-refractivity contribution in [3.63, 3.8) is 0 Å². The molecule has 0 saturated heterocycles. The molecular weight excluding hydrogens is 266 g/mol. The molecule has 0 fully saturated rings. The third kappa shape index (κ3) is 3.59. The van der Waals surface area contributed by atoms with Gasteiger partial charge in [0, 0.05) is 18.3 Å². The highest BCUT2D eigenvalue weighted by Gasteiger charge is 2.12. The van der Waals surface area contributed by atoms with Gasteiger partial charge in [-0.2, -0.15) is 15.8 Å². The van der Waals surface area contributed by atoms with Crippen molar-refractivity contribution in [1.29, 1.82) is 15.8 Å². The zero-order valence-corrected chi connectivity index (χ0v) is 11.9. The Morgan fingerprint density at radius 3 is 2.14 bits per heavy atom. The highest BCUT2D eigenvalue weighted by molar-refractivity contribution is 5.91. The van der Waals surface area contributed by atoms with E-state index in [-0.39, 0.29) is 17.2 Å². The number of nitrogens with zero attached hydrogens (tertiary/aromatic N) is 3. The van der Waals surface area contributed by atoms with Crippen LogP contribution in [0.1, 0.15) is 18.1 Å². The van der Waals surface area contributed by atoms with E-state index in [1.165, 1.54) is 6.92 Å². The van der Waals surface area contributed by atoms with Gasteiger partial charge in [-0.1, -0.05) is 6.07 Å². The molecule has 0 spiro atoms. The van der Waals surface area contributed by atoms with Crippen molar-refractivity contribution in [3.05, 3.63) is 34.5 Å². The van der Waals surface area contributed by atoms with Crippen molar-refractivity contribution in [2.24, 2.45) is 0 Å². The van der Waals surface area contributed by atoms with Crippen LogP contribution in [-0.4, -0.2) is 5.91 Å². The van der Waals surface area contributed by atoms with Crippen LogP contribution in [0.5, 0.6) is 0 Å². The van der Waals surface area contributed by atoms with Crippen LogP contribution in [0.2, 0.25) is 0 Å². The minimum Gasteiger partial charge on any atom is -0.345 e. The Kier molecular flexibility index (Phi) is 5.06. The molecule has 0 aliphatic heterocycles. The fourth-order valence-electron chi connectivity index (χ4n) is 1.77. The monoisotopic (exact) mass is 279 g/mol. The second kappa shape index (κ2) is 6.75. The first-order valence-corrected chi connectivity index (χ1v) is 6.04. The molecule has 0 unspecified atom stereocenters. The van der Waals surface area contributed by atoms with Gasteiger partial charge in [-0.15, -0.1) is 0 Å². The molecule has 1 aromatic carbocycles. The first-order valence-electron chi connectivity index (χ1n) is 6.04. The number of carbonyl (C=O) groups excluding carboxylic acids is 1. The largest absolute Gasteiger partial charge is 0.345 e. The van der Waals surface area contributed by atoms with E-state index in [9.17, 15) is 4.79 Å². The molecule has 6 nitrogen and oxygen atoms in total. The fourth-order valence-corrected chi connectivity index (χ4v) is 1.77. The molecular formula is C15H13N5O. The van der Waals surface area contributed by atoms with Gasteiger partial charge >= 0.3 is 0 Å². The predicted octanol–water partition coefficient (Wildman–Crippen LogP) is 2.50. The Morgan fingerprint density at radius 1 is 1.05 bits per heavy atom. The summed E-state index contributed by atoms with van der Waals surface area (Å²) < 4.78 is 0. The summed E-state index contributed by atoms with van der Waals surface area (Å²) in [6.07, 6.45) is 0. The minimum atomic E-state index is -0.293. The number of hydrogen-bond acceptors (Lipinski definition) is 5. The number of nitrogens with one attached hydrogen (secondary N) is 2. The zero-order valence-electron chi connectivity index (χ0n) is 11.9. The van der Waals surface area contributed by atoms with Crippen LogP contribution in [0.4, 0.5) is 11.4 Å². The molecule has 0 bridgehead atoms. The van der Waals surface area contributed by atoms with Crippen LogP contribution in [0.25, 0.3) is 0 Å². The SMILES string of the molecule is CC(=O)Nc1c(C)ccc(NC(C#N)=C(C#N)C#N)c1C. The van der Waals surface area contributed by atoms with Gasteiger partial charge in [-0.3, -0.25) is 4.79 Å². The van der Waals surface area contributed by atoms with Crippen LogP contribution in [0.15, 0.2) is 23.4 Å². The maximum atomic E-state index is 11.2. The van der Waals surface area contributed by atoms with Crippen molar-refractivity contribution in [2.75, 3.05) is 10.6 Å². The minimum absolute atomic E-state index is 0.124. The number of rotatable bonds is 3. The Labute approximate surface area is 122 Å². The summed E-state index contributed by atoms with van der Waals surface area (Å²) in [5, 5.41) is 32.2. The lowest BCUT2D eigenvalue weighted by molar-refractivity contribution is -0.114. The molecule has 1 amide bonds. The van der Waals surface area contributed by atoms with Crippen LogP contribution in [0, 0.1) is 47.8 Å². The van der Waals surface area contributed by atoms with E-state index in [2.05, 4.69) is 10.6 Å². The molecule has 2 N–H and O–H groups in total. The lowest BCUT2D eigenvalue weighted by atomic mass is 10.1. The second-order valence-electron chi connectivity index (χ2n) is 4.32. The van der Waals surface area contributed by atoms with E-state index < -0.39 is 0 Å². The Hall–Kier alpha value is -3.30. The van der Waals surface area contributed by atoms with Gasteiger partial charge in [0.1, 0.15) is 23.9 Å². The standard InChI is InChI=1S/C15H13N5O/c1-9-4-5-13(10(2)15(9)19-11(3)21)20-14(8-18)12(6-16)7-17/h4-5,20H,1-3H3,(H,19,21). The summed E-state index contributed by atoms with van der Waals surface area (Å²) in [7, 11) is 0. The van der Waals surface area contributed by atoms with Crippen LogP contribution in [-0.2, 0) is 4.79 Å². The van der Waals surface area contributed by atoms with Gasteiger partial charge in [-0.05, 0) is 31.0 Å². The smallest absolute Gasteiger partial charge is 0.221 e. The number of amides is 1. The molecule has 0 aliphatic carbocycles. The number of hydrogen-bond donors (Lipinski definition) is 2. The van der Waals surface area contributed by atoms with Crippen molar-refractivity contribution < 1.29 is 4.79 Å². The Morgan fingerprint density at radius 2 is 1.67 bits per heavy atom. The number of benzene rings is 1. The predicted molar refractivity (Wildman–Crippen MR) is 77.7 cm³/mol. The lowest BCUT2D eigenvalue weighted by Crippen LogP contribution is -2.10. The van der Waals surface area contributed by atoms with Gasteiger partial charge in [0.25, 0.3) is 0 Å². The average Bonchev–Trinajstić information content (AvgIpc) is 2.45. The first-order chi connectivity index (χ1) is 9.94. The zero-order chi connectivity index (χ0) is 16.0. The van der Waals surface area contributed by atoms with E-state index in [0.29, 0.717) is 16.9 Å². The first kappa shape index (κ1) is 15.8. The van der Waals surface area contributed by atoms with Gasteiger partial charge < -0.3 is 10.6 Å². The summed E-state index contributed by atoms with van der Waals surface area (Å²) in [6, 6.07) is 8.61. The van der Waals surface area contributed by atoms with Gasteiger partial charge in [-0.25, -0.2) is 0 Å². The summed E-state index contributed by atoms with van der Waals surface area (Å²) in [5.41, 5.74) is 2.35. The van der Waals surface area contributed by atoms with Crippen molar-refractivity contribution in [1.82, 2.24) is 0 Å². The second-order valence-corrected chi connectivity index (χ2v) is 4.32. The molecule has 104 valence electrons. The van der Waals surface area contributed by atoms with Crippen molar-refractivity contribution >= 4 is 17.3 Å². The average molecular weight is 279 g/mol. The summed E-state index contributed by atoms with van der Waals surface area (Å²) in [4.78, 5) is 11.2. The normalized spacial score (nSPS) is 8.76. The maximum absolute atomic E-state index is 11.2. The molecule has 21 heavy (non-hydrogen) atoms. The number of anilines is 2. The number of nitriles is 3. The fraction of sp³-hybridized carbons (Fsp3) is 0.200. The molecule has 0 atom stereocenters. The van der Waals surface area contributed by atoms with Crippen LogP contribution in [0.3, 0.4) is 0 Å². The highest BCUT2D eigenvalue weighted by atomic mass is 16.1. The van der Waals surface area contributed by atoms with E-state index >= 15 is 0 Å². The quantitative estimate of drug-likeness (QED) is 0.825. The Balaban J connectivity index is 3.32. The molecule has 0 aliphatic rings. The number of allylic oxidation sites excluding steroid dienone is 2. The number of aryl methyl sites for hydroxylation is 1.